The molecule has 1 heterocycles. The van der Waals surface area contributed by atoms with E-state index in [1.807, 2.05) is 0 Å². The molecule has 0 aliphatic carbocycles. The number of hydrogen-bond donors (Lipinski definition) is 1. The van der Waals surface area contributed by atoms with Gasteiger partial charge >= 0.3 is 6.03 Å². The Bertz CT molecular complexity index is 875. The molecule has 3 amide bonds. The fourth-order valence-corrected chi connectivity index (χ4v) is 3.25. The number of imide groups is 1. The smallest absolute Gasteiger partial charge is 0.325 e. The zero-order valence-corrected chi connectivity index (χ0v) is 16.0. The van der Waals surface area contributed by atoms with Crippen LogP contribution in [-0.4, -0.2) is 30.0 Å². The molecule has 2 aromatic carbocycles. The molecule has 136 valence electrons. The second-order valence-electron chi connectivity index (χ2n) is 5.95. The largest absolute Gasteiger partial charge is 0.490 e. The van der Waals surface area contributed by atoms with Crippen molar-refractivity contribution in [2.75, 3.05) is 13.2 Å². The lowest BCUT2D eigenvalue weighted by Gasteiger charge is -2.22. The summed E-state index contributed by atoms with van der Waals surface area (Å²) >= 11 is 17.9. The van der Waals surface area contributed by atoms with Crippen LogP contribution >= 0.6 is 34.8 Å². The van der Waals surface area contributed by atoms with Gasteiger partial charge in [-0.05, 0) is 36.8 Å². The second kappa shape index (κ2) is 7.35. The first-order valence-electron chi connectivity index (χ1n) is 7.79. The first kappa shape index (κ1) is 18.8. The van der Waals surface area contributed by atoms with Gasteiger partial charge in [0.1, 0.15) is 17.9 Å². The first-order chi connectivity index (χ1) is 12.3. The highest BCUT2D eigenvalue weighted by Gasteiger charge is 2.48. The van der Waals surface area contributed by atoms with Gasteiger partial charge in [-0.3, -0.25) is 9.69 Å². The summed E-state index contributed by atoms with van der Waals surface area (Å²) in [6, 6.07) is 11.2. The average molecular weight is 414 g/mol. The van der Waals surface area contributed by atoms with Crippen molar-refractivity contribution >= 4 is 46.7 Å². The predicted molar refractivity (Wildman–Crippen MR) is 101 cm³/mol. The van der Waals surface area contributed by atoms with Gasteiger partial charge < -0.3 is 10.1 Å². The van der Waals surface area contributed by atoms with Crippen molar-refractivity contribution in [1.82, 2.24) is 10.2 Å². The van der Waals surface area contributed by atoms with Gasteiger partial charge in [-0.15, -0.1) is 0 Å². The van der Waals surface area contributed by atoms with Crippen LogP contribution in [0.15, 0.2) is 42.5 Å². The molecule has 1 fully saturated rings. The van der Waals surface area contributed by atoms with Gasteiger partial charge in [0.25, 0.3) is 5.91 Å². The van der Waals surface area contributed by atoms with Crippen molar-refractivity contribution < 1.29 is 14.3 Å². The van der Waals surface area contributed by atoms with E-state index in [0.29, 0.717) is 26.4 Å². The van der Waals surface area contributed by atoms with Crippen molar-refractivity contribution in [2.45, 2.75) is 12.5 Å². The van der Waals surface area contributed by atoms with E-state index in [1.54, 1.807) is 49.4 Å². The summed E-state index contributed by atoms with van der Waals surface area (Å²) in [6.45, 7) is 1.81. The van der Waals surface area contributed by atoms with Crippen molar-refractivity contribution in [1.29, 1.82) is 0 Å². The normalized spacial score (nSPS) is 19.6. The maximum absolute atomic E-state index is 12.8. The van der Waals surface area contributed by atoms with E-state index in [0.717, 1.165) is 4.90 Å². The highest BCUT2D eigenvalue weighted by molar-refractivity contribution is 6.34. The number of carbonyl (C=O) groups excluding carboxylic acids is 2. The Morgan fingerprint density at radius 2 is 1.81 bits per heavy atom. The summed E-state index contributed by atoms with van der Waals surface area (Å²) < 4.78 is 5.56. The quantitative estimate of drug-likeness (QED) is 0.735. The molecule has 0 saturated carbocycles. The van der Waals surface area contributed by atoms with Gasteiger partial charge in [-0.1, -0.05) is 46.9 Å². The minimum atomic E-state index is -1.17. The number of halogens is 3. The number of rotatable bonds is 5. The Kier molecular flexibility index (Phi) is 5.32. The monoisotopic (exact) mass is 412 g/mol. The minimum absolute atomic E-state index is 0.0731. The van der Waals surface area contributed by atoms with E-state index in [-0.39, 0.29) is 19.1 Å². The molecule has 1 atom stereocenters. The van der Waals surface area contributed by atoms with Crippen LogP contribution in [-0.2, 0) is 10.3 Å². The second-order valence-corrected chi connectivity index (χ2v) is 7.23. The van der Waals surface area contributed by atoms with Crippen LogP contribution in [0.2, 0.25) is 15.1 Å². The third-order valence-corrected chi connectivity index (χ3v) is 4.93. The number of nitrogens with zero attached hydrogens (tertiary/aromatic N) is 1. The number of ether oxygens (including phenoxy) is 1. The van der Waals surface area contributed by atoms with Gasteiger partial charge in [0.05, 0.1) is 11.6 Å². The molecule has 0 bridgehead atoms. The third kappa shape index (κ3) is 3.61. The van der Waals surface area contributed by atoms with E-state index >= 15 is 0 Å². The number of hydrogen-bond acceptors (Lipinski definition) is 3. The highest BCUT2D eigenvalue weighted by atomic mass is 35.5. The zero-order valence-electron chi connectivity index (χ0n) is 13.8. The maximum Gasteiger partial charge on any atom is 0.325 e. The van der Waals surface area contributed by atoms with Crippen LogP contribution in [0, 0.1) is 0 Å². The summed E-state index contributed by atoms with van der Waals surface area (Å²) in [7, 11) is 0. The molecule has 1 saturated heterocycles. The fraction of sp³-hybridized carbons (Fsp3) is 0.222. The van der Waals surface area contributed by atoms with Crippen LogP contribution in [0.5, 0.6) is 5.75 Å². The number of benzene rings is 2. The van der Waals surface area contributed by atoms with E-state index in [2.05, 4.69) is 5.32 Å². The molecule has 5 nitrogen and oxygen atoms in total. The molecular formula is C18H15Cl3N2O3. The SMILES string of the molecule is CC1(c2cccc(Cl)c2)NC(=O)N(CCOc2cc(Cl)ccc2Cl)C1=O. The fourth-order valence-electron chi connectivity index (χ4n) is 2.73. The number of nitrogens with one attached hydrogen (secondary N) is 1. The van der Waals surface area contributed by atoms with Crippen molar-refractivity contribution in [3.63, 3.8) is 0 Å². The van der Waals surface area contributed by atoms with Gasteiger partial charge in [-0.25, -0.2) is 4.79 Å². The predicted octanol–water partition coefficient (Wildman–Crippen LogP) is 4.49. The summed E-state index contributed by atoms with van der Waals surface area (Å²) in [5.41, 5.74) is -0.556. The lowest BCUT2D eigenvalue weighted by Crippen LogP contribution is -2.41. The van der Waals surface area contributed by atoms with E-state index < -0.39 is 11.6 Å². The Morgan fingerprint density at radius 3 is 2.54 bits per heavy atom. The maximum atomic E-state index is 12.8. The van der Waals surface area contributed by atoms with E-state index in [1.165, 1.54) is 0 Å². The van der Waals surface area contributed by atoms with Crippen molar-refractivity contribution in [3.05, 3.63) is 63.1 Å². The summed E-state index contributed by atoms with van der Waals surface area (Å²) in [6.07, 6.45) is 0. The molecule has 1 aliphatic rings. The van der Waals surface area contributed by atoms with Crippen LogP contribution in [0.25, 0.3) is 0 Å². The number of carbonyl (C=O) groups is 2. The molecule has 0 radical (unpaired) electrons. The molecule has 1 N–H and O–H groups in total. The summed E-state index contributed by atoms with van der Waals surface area (Å²) in [5, 5.41) is 4.09. The molecule has 0 aromatic heterocycles. The van der Waals surface area contributed by atoms with Gasteiger partial charge in [0.15, 0.2) is 0 Å². The topological polar surface area (TPSA) is 58.6 Å². The molecule has 26 heavy (non-hydrogen) atoms. The molecule has 0 spiro atoms. The molecule has 2 aromatic rings. The van der Waals surface area contributed by atoms with Crippen molar-refractivity contribution in [2.24, 2.45) is 0 Å². The van der Waals surface area contributed by atoms with E-state index in [4.69, 9.17) is 39.5 Å². The molecule has 1 unspecified atom stereocenters. The number of urea groups is 1. The minimum Gasteiger partial charge on any atom is -0.490 e. The lowest BCUT2D eigenvalue weighted by atomic mass is 9.92. The Labute approximate surface area is 165 Å². The molecule has 1 aliphatic heterocycles. The van der Waals surface area contributed by atoms with Crippen LogP contribution in [0.3, 0.4) is 0 Å². The summed E-state index contributed by atoms with van der Waals surface area (Å²) in [5.74, 6) is 0.0226. The molecule has 8 heteroatoms. The zero-order chi connectivity index (χ0) is 18.9. The van der Waals surface area contributed by atoms with Gasteiger partial charge in [0.2, 0.25) is 0 Å². The highest BCUT2D eigenvalue weighted by Crippen LogP contribution is 2.31. The van der Waals surface area contributed by atoms with Crippen LogP contribution in [0.4, 0.5) is 4.79 Å². The lowest BCUT2D eigenvalue weighted by molar-refractivity contribution is -0.131. The van der Waals surface area contributed by atoms with Gasteiger partial charge in [0, 0.05) is 16.1 Å². The Morgan fingerprint density at radius 1 is 1.08 bits per heavy atom. The van der Waals surface area contributed by atoms with Crippen LogP contribution < -0.4 is 10.1 Å². The first-order valence-corrected chi connectivity index (χ1v) is 8.92. The van der Waals surface area contributed by atoms with Crippen molar-refractivity contribution in [3.8, 4) is 5.75 Å². The third-order valence-electron chi connectivity index (χ3n) is 4.14. The summed E-state index contributed by atoms with van der Waals surface area (Å²) in [4.78, 5) is 26.2. The Balaban J connectivity index is 1.70. The number of amides is 3. The molecule has 3 rings (SSSR count). The average Bonchev–Trinajstić information content (AvgIpc) is 2.82. The van der Waals surface area contributed by atoms with Crippen LogP contribution in [0.1, 0.15) is 12.5 Å². The molecular weight excluding hydrogens is 399 g/mol. The van der Waals surface area contributed by atoms with E-state index in [9.17, 15) is 9.59 Å². The van der Waals surface area contributed by atoms with Gasteiger partial charge in [-0.2, -0.15) is 0 Å². The Hall–Kier alpha value is -1.95. The standard InChI is InChI=1S/C18H15Cl3N2O3/c1-18(11-3-2-4-12(19)9-11)16(24)23(17(25)22-18)7-8-26-15-10-13(20)5-6-14(15)21/h2-6,9-10H,7-8H2,1H3,(H,22,25).